The molecule has 108 valence electrons. The van der Waals surface area contributed by atoms with Gasteiger partial charge in [0, 0.05) is 6.54 Å². The number of hydrogen-bond donors (Lipinski definition) is 1. The Balaban J connectivity index is 0.00000180. The third-order valence-corrected chi connectivity index (χ3v) is 4.23. The summed E-state index contributed by atoms with van der Waals surface area (Å²) in [6.45, 7) is 4.20. The van der Waals surface area contributed by atoms with E-state index < -0.39 is 0 Å². The molecule has 0 spiro atoms. The standard InChI is InChI=1S/C14H20BrFN2.ClH/c1-17-9-11-4-6-18(7-5-11)10-12-2-3-13(15)14(16)8-12;/h2-3,8,11,17H,4-7,9-10H2,1H3;1H. The molecule has 1 saturated heterocycles. The van der Waals surface area contributed by atoms with Gasteiger partial charge in [0.1, 0.15) is 5.82 Å². The lowest BCUT2D eigenvalue weighted by Crippen LogP contribution is -2.36. The van der Waals surface area contributed by atoms with Gasteiger partial charge >= 0.3 is 0 Å². The Hall–Kier alpha value is -0.160. The van der Waals surface area contributed by atoms with Crippen molar-refractivity contribution < 1.29 is 4.39 Å². The molecule has 2 nitrogen and oxygen atoms in total. The number of benzene rings is 1. The Morgan fingerprint density at radius 1 is 1.37 bits per heavy atom. The van der Waals surface area contributed by atoms with Crippen molar-refractivity contribution in [3.8, 4) is 0 Å². The molecular formula is C14H21BrClFN2. The number of halogens is 3. The van der Waals surface area contributed by atoms with Crippen LogP contribution in [0.3, 0.4) is 0 Å². The van der Waals surface area contributed by atoms with Gasteiger partial charge in [0.15, 0.2) is 0 Å². The lowest BCUT2D eigenvalue weighted by molar-refractivity contribution is 0.176. The zero-order valence-electron chi connectivity index (χ0n) is 11.2. The molecule has 5 heteroatoms. The summed E-state index contributed by atoms with van der Waals surface area (Å²) in [4.78, 5) is 2.41. The van der Waals surface area contributed by atoms with Crippen molar-refractivity contribution in [1.29, 1.82) is 0 Å². The van der Waals surface area contributed by atoms with Gasteiger partial charge in [-0.25, -0.2) is 4.39 Å². The summed E-state index contributed by atoms with van der Waals surface area (Å²) in [6.07, 6.45) is 2.47. The SMILES string of the molecule is CNCC1CCN(Cc2ccc(Br)c(F)c2)CC1.Cl. The number of hydrogen-bond acceptors (Lipinski definition) is 2. The van der Waals surface area contributed by atoms with Gasteiger partial charge < -0.3 is 5.32 Å². The third-order valence-electron chi connectivity index (χ3n) is 3.59. The first kappa shape index (κ1) is 16.9. The molecule has 2 rings (SSSR count). The topological polar surface area (TPSA) is 15.3 Å². The fraction of sp³-hybridized carbons (Fsp3) is 0.571. The van der Waals surface area contributed by atoms with E-state index in [-0.39, 0.29) is 18.2 Å². The van der Waals surface area contributed by atoms with Crippen LogP contribution in [0.15, 0.2) is 22.7 Å². The number of piperidine rings is 1. The fourth-order valence-electron chi connectivity index (χ4n) is 2.53. The van der Waals surface area contributed by atoms with E-state index in [0.717, 1.165) is 37.7 Å². The minimum Gasteiger partial charge on any atom is -0.319 e. The lowest BCUT2D eigenvalue weighted by Gasteiger charge is -2.31. The maximum Gasteiger partial charge on any atom is 0.137 e. The Labute approximate surface area is 129 Å². The summed E-state index contributed by atoms with van der Waals surface area (Å²) in [5, 5.41) is 3.24. The van der Waals surface area contributed by atoms with E-state index in [1.165, 1.54) is 12.8 Å². The van der Waals surface area contributed by atoms with E-state index in [9.17, 15) is 4.39 Å². The van der Waals surface area contributed by atoms with Crippen LogP contribution in [0.4, 0.5) is 4.39 Å². The molecular weight excluding hydrogens is 331 g/mol. The summed E-state index contributed by atoms with van der Waals surface area (Å²) in [6, 6.07) is 5.41. The highest BCUT2D eigenvalue weighted by Gasteiger charge is 2.18. The Bertz CT molecular complexity index is 395. The normalized spacial score (nSPS) is 17.2. The number of nitrogens with one attached hydrogen (secondary N) is 1. The summed E-state index contributed by atoms with van der Waals surface area (Å²) in [5.74, 6) is 0.630. The highest BCUT2D eigenvalue weighted by Crippen LogP contribution is 2.21. The molecule has 1 aliphatic heterocycles. The minimum atomic E-state index is -0.169. The molecule has 0 amide bonds. The van der Waals surface area contributed by atoms with Crippen molar-refractivity contribution in [2.45, 2.75) is 19.4 Å². The van der Waals surface area contributed by atoms with Gasteiger partial charge in [-0.2, -0.15) is 0 Å². The van der Waals surface area contributed by atoms with E-state index in [4.69, 9.17) is 0 Å². The molecule has 1 aromatic rings. The van der Waals surface area contributed by atoms with E-state index in [0.29, 0.717) is 4.47 Å². The van der Waals surface area contributed by atoms with Crippen LogP contribution in [0.5, 0.6) is 0 Å². The van der Waals surface area contributed by atoms with Crippen LogP contribution < -0.4 is 5.32 Å². The van der Waals surface area contributed by atoms with Crippen LogP contribution in [0.25, 0.3) is 0 Å². The molecule has 1 aliphatic rings. The van der Waals surface area contributed by atoms with Crippen molar-refractivity contribution in [3.63, 3.8) is 0 Å². The Morgan fingerprint density at radius 3 is 2.63 bits per heavy atom. The molecule has 0 atom stereocenters. The molecule has 1 aromatic carbocycles. The summed E-state index contributed by atoms with van der Waals surface area (Å²) in [7, 11) is 2.01. The molecule has 0 saturated carbocycles. The molecule has 0 aromatic heterocycles. The fourth-order valence-corrected chi connectivity index (χ4v) is 2.78. The number of rotatable bonds is 4. The molecule has 1 heterocycles. The average Bonchev–Trinajstić information content (AvgIpc) is 2.37. The van der Waals surface area contributed by atoms with Crippen molar-refractivity contribution >= 4 is 28.3 Å². The predicted octanol–water partition coefficient (Wildman–Crippen LogP) is 3.44. The second kappa shape index (κ2) is 8.20. The van der Waals surface area contributed by atoms with Crippen molar-refractivity contribution in [1.82, 2.24) is 10.2 Å². The maximum absolute atomic E-state index is 13.4. The quantitative estimate of drug-likeness (QED) is 0.894. The maximum atomic E-state index is 13.4. The highest BCUT2D eigenvalue weighted by atomic mass is 79.9. The van der Waals surface area contributed by atoms with Crippen LogP contribution in [0.1, 0.15) is 18.4 Å². The molecule has 0 unspecified atom stereocenters. The first-order chi connectivity index (χ1) is 8.69. The molecule has 0 bridgehead atoms. The summed E-state index contributed by atoms with van der Waals surface area (Å²) < 4.78 is 14.0. The van der Waals surface area contributed by atoms with E-state index in [1.54, 1.807) is 12.1 Å². The minimum absolute atomic E-state index is 0. The average molecular weight is 352 g/mol. The first-order valence-corrected chi connectivity index (χ1v) is 7.29. The monoisotopic (exact) mass is 350 g/mol. The van der Waals surface area contributed by atoms with Gasteiger partial charge in [0.05, 0.1) is 4.47 Å². The molecule has 1 N–H and O–H groups in total. The molecule has 0 aliphatic carbocycles. The summed E-state index contributed by atoms with van der Waals surface area (Å²) in [5.41, 5.74) is 1.06. The van der Waals surface area contributed by atoms with Crippen LogP contribution in [-0.4, -0.2) is 31.6 Å². The van der Waals surface area contributed by atoms with Crippen LogP contribution >= 0.6 is 28.3 Å². The van der Waals surface area contributed by atoms with Gasteiger partial charge in [-0.1, -0.05) is 6.07 Å². The predicted molar refractivity (Wildman–Crippen MR) is 83.3 cm³/mol. The largest absolute Gasteiger partial charge is 0.319 e. The zero-order chi connectivity index (χ0) is 13.0. The molecule has 1 fully saturated rings. The van der Waals surface area contributed by atoms with Gasteiger partial charge in [-0.05, 0) is 79.1 Å². The first-order valence-electron chi connectivity index (χ1n) is 6.50. The van der Waals surface area contributed by atoms with Gasteiger partial charge in [0.25, 0.3) is 0 Å². The van der Waals surface area contributed by atoms with Gasteiger partial charge in [-0.15, -0.1) is 12.4 Å². The highest BCUT2D eigenvalue weighted by molar-refractivity contribution is 9.10. The van der Waals surface area contributed by atoms with Crippen LogP contribution in [-0.2, 0) is 6.54 Å². The smallest absolute Gasteiger partial charge is 0.137 e. The van der Waals surface area contributed by atoms with Crippen molar-refractivity contribution in [3.05, 3.63) is 34.1 Å². The van der Waals surface area contributed by atoms with Crippen molar-refractivity contribution in [2.75, 3.05) is 26.7 Å². The Morgan fingerprint density at radius 2 is 2.05 bits per heavy atom. The third kappa shape index (κ3) is 5.03. The number of likely N-dealkylation sites (tertiary alicyclic amines) is 1. The second-order valence-corrected chi connectivity index (χ2v) is 5.88. The number of nitrogens with zero attached hydrogens (tertiary/aromatic N) is 1. The Kier molecular flexibility index (Phi) is 7.29. The van der Waals surface area contributed by atoms with E-state index in [1.807, 2.05) is 13.1 Å². The zero-order valence-corrected chi connectivity index (χ0v) is 13.6. The van der Waals surface area contributed by atoms with Crippen molar-refractivity contribution in [2.24, 2.45) is 5.92 Å². The van der Waals surface area contributed by atoms with E-state index >= 15 is 0 Å². The summed E-state index contributed by atoms with van der Waals surface area (Å²) >= 11 is 3.18. The van der Waals surface area contributed by atoms with Gasteiger partial charge in [-0.3, -0.25) is 4.90 Å². The lowest BCUT2D eigenvalue weighted by atomic mass is 9.96. The van der Waals surface area contributed by atoms with Crippen LogP contribution in [0.2, 0.25) is 0 Å². The molecule has 19 heavy (non-hydrogen) atoms. The van der Waals surface area contributed by atoms with Crippen LogP contribution in [0, 0.1) is 11.7 Å². The van der Waals surface area contributed by atoms with E-state index in [2.05, 4.69) is 26.1 Å². The van der Waals surface area contributed by atoms with Gasteiger partial charge in [0.2, 0.25) is 0 Å². The second-order valence-electron chi connectivity index (χ2n) is 5.03. The molecule has 0 radical (unpaired) electrons.